The first kappa shape index (κ1) is 16.7. The molecule has 3 rings (SSSR count). The van der Waals surface area contributed by atoms with Gasteiger partial charge in [-0.3, -0.25) is 35.2 Å². The number of azo groups is 1. The van der Waals surface area contributed by atoms with E-state index in [1.54, 1.807) is 6.07 Å². The Labute approximate surface area is 144 Å². The summed E-state index contributed by atoms with van der Waals surface area (Å²) in [5, 5.41) is 34.3. The highest BCUT2D eigenvalue weighted by molar-refractivity contribution is 5.72. The molecule has 0 aliphatic carbocycles. The van der Waals surface area contributed by atoms with E-state index in [4.69, 9.17) is 0 Å². The van der Waals surface area contributed by atoms with Crippen LogP contribution >= 0.6 is 0 Å². The minimum atomic E-state index is -0.583. The Morgan fingerprint density at radius 3 is 2.19 bits per heavy atom. The quantitative estimate of drug-likeness (QED) is 0.406. The van der Waals surface area contributed by atoms with E-state index in [2.05, 4.69) is 20.4 Å². The van der Waals surface area contributed by atoms with Crippen molar-refractivity contribution in [1.29, 1.82) is 0 Å². The van der Waals surface area contributed by atoms with Gasteiger partial charge in [0.2, 0.25) is 0 Å². The number of hydrogen-bond donors (Lipinski definition) is 2. The van der Waals surface area contributed by atoms with Crippen LogP contribution in [0.5, 0.6) is 0 Å². The number of hydrogen-bond acceptors (Lipinski definition) is 7. The number of aromatic amines is 2. The Morgan fingerprint density at radius 2 is 1.50 bits per heavy atom. The maximum Gasteiger partial charge on any atom is 0.292 e. The SMILES string of the molecule is O=c1[nH][nH]c(-c2cccc([N+](=O)[O-])c2)c1N=Nc1cccc([N+](=O)[O-])c1. The van der Waals surface area contributed by atoms with E-state index >= 15 is 0 Å². The van der Waals surface area contributed by atoms with Crippen molar-refractivity contribution in [1.82, 2.24) is 10.2 Å². The zero-order valence-corrected chi connectivity index (χ0v) is 12.9. The number of benzene rings is 2. The van der Waals surface area contributed by atoms with Gasteiger partial charge in [-0.05, 0) is 6.07 Å². The largest absolute Gasteiger partial charge is 0.295 e. The summed E-state index contributed by atoms with van der Waals surface area (Å²) in [7, 11) is 0. The predicted octanol–water partition coefficient (Wildman–Crippen LogP) is 3.60. The first-order valence-electron chi connectivity index (χ1n) is 7.17. The lowest BCUT2D eigenvalue weighted by molar-refractivity contribution is -0.385. The van der Waals surface area contributed by atoms with Crippen LogP contribution in [0.4, 0.5) is 22.7 Å². The molecular formula is C15H10N6O5. The number of nitro groups is 2. The second-order valence-corrected chi connectivity index (χ2v) is 5.09. The molecule has 0 aliphatic rings. The summed E-state index contributed by atoms with van der Waals surface area (Å²) < 4.78 is 0. The Hall–Kier alpha value is -4.15. The van der Waals surface area contributed by atoms with Crippen LogP contribution in [-0.2, 0) is 0 Å². The van der Waals surface area contributed by atoms with Crippen molar-refractivity contribution in [3.63, 3.8) is 0 Å². The Kier molecular flexibility index (Phi) is 4.34. The van der Waals surface area contributed by atoms with Crippen LogP contribution in [0.15, 0.2) is 63.6 Å². The van der Waals surface area contributed by atoms with Gasteiger partial charge in [0, 0.05) is 29.8 Å². The smallest absolute Gasteiger partial charge is 0.292 e. The Balaban J connectivity index is 2.00. The second-order valence-electron chi connectivity index (χ2n) is 5.09. The summed E-state index contributed by atoms with van der Waals surface area (Å²) in [5.74, 6) is 0. The summed E-state index contributed by atoms with van der Waals surface area (Å²) >= 11 is 0. The third-order valence-electron chi connectivity index (χ3n) is 3.40. The first-order valence-corrected chi connectivity index (χ1v) is 7.17. The summed E-state index contributed by atoms with van der Waals surface area (Å²) in [6.45, 7) is 0. The molecule has 0 spiro atoms. The average Bonchev–Trinajstić information content (AvgIpc) is 3.01. The van der Waals surface area contributed by atoms with Crippen molar-refractivity contribution in [2.45, 2.75) is 0 Å². The molecule has 11 heteroatoms. The molecule has 0 amide bonds. The van der Waals surface area contributed by atoms with Crippen molar-refractivity contribution < 1.29 is 9.85 Å². The number of rotatable bonds is 5. The van der Waals surface area contributed by atoms with Gasteiger partial charge in [-0.25, -0.2) is 0 Å². The van der Waals surface area contributed by atoms with Crippen molar-refractivity contribution >= 4 is 22.7 Å². The van der Waals surface area contributed by atoms with Crippen LogP contribution in [0, 0.1) is 20.2 Å². The van der Waals surface area contributed by atoms with E-state index in [1.807, 2.05) is 0 Å². The van der Waals surface area contributed by atoms with Crippen molar-refractivity contribution in [2.75, 3.05) is 0 Å². The van der Waals surface area contributed by atoms with Crippen LogP contribution in [0.1, 0.15) is 0 Å². The van der Waals surface area contributed by atoms with Crippen LogP contribution in [0.2, 0.25) is 0 Å². The maximum absolute atomic E-state index is 11.9. The molecule has 2 aromatic carbocycles. The van der Waals surface area contributed by atoms with E-state index in [0.717, 1.165) is 0 Å². The van der Waals surface area contributed by atoms with E-state index in [-0.39, 0.29) is 28.4 Å². The molecule has 0 aliphatic heterocycles. The van der Waals surface area contributed by atoms with Gasteiger partial charge in [-0.2, -0.15) is 5.11 Å². The standard InChI is InChI=1S/C15H10N6O5/c22-15-14(18-16-10-4-2-6-12(8-10)21(25)26)13(17-19-15)9-3-1-5-11(7-9)20(23)24/h1-8H,(H2,17,19,22). The fourth-order valence-corrected chi connectivity index (χ4v) is 2.21. The molecule has 26 heavy (non-hydrogen) atoms. The molecule has 0 bridgehead atoms. The zero-order chi connectivity index (χ0) is 18.7. The minimum Gasteiger partial charge on any atom is -0.295 e. The number of H-pyrrole nitrogens is 2. The lowest BCUT2D eigenvalue weighted by Gasteiger charge is -1.99. The Morgan fingerprint density at radius 1 is 0.846 bits per heavy atom. The van der Waals surface area contributed by atoms with Gasteiger partial charge < -0.3 is 0 Å². The van der Waals surface area contributed by atoms with Crippen molar-refractivity contribution in [3.8, 4) is 11.3 Å². The molecule has 0 saturated carbocycles. The molecule has 0 saturated heterocycles. The second kappa shape index (κ2) is 6.76. The van der Waals surface area contributed by atoms with Crippen LogP contribution in [0.3, 0.4) is 0 Å². The third kappa shape index (κ3) is 3.36. The van der Waals surface area contributed by atoms with Crippen molar-refractivity contribution in [2.24, 2.45) is 10.2 Å². The van der Waals surface area contributed by atoms with E-state index in [0.29, 0.717) is 5.56 Å². The highest BCUT2D eigenvalue weighted by Gasteiger charge is 2.15. The fraction of sp³-hybridized carbons (Fsp3) is 0. The van der Waals surface area contributed by atoms with Gasteiger partial charge in [0.15, 0.2) is 5.69 Å². The van der Waals surface area contributed by atoms with Gasteiger partial charge in [0.25, 0.3) is 16.9 Å². The molecular weight excluding hydrogens is 344 g/mol. The van der Waals surface area contributed by atoms with Crippen molar-refractivity contribution in [3.05, 3.63) is 79.1 Å². The van der Waals surface area contributed by atoms with E-state index in [9.17, 15) is 25.0 Å². The topological polar surface area (TPSA) is 160 Å². The molecule has 0 unspecified atom stereocenters. The van der Waals surface area contributed by atoms with Gasteiger partial charge in [-0.1, -0.05) is 18.2 Å². The first-order chi connectivity index (χ1) is 12.5. The predicted molar refractivity (Wildman–Crippen MR) is 90.8 cm³/mol. The van der Waals surface area contributed by atoms with Crippen LogP contribution in [0.25, 0.3) is 11.3 Å². The lowest BCUT2D eigenvalue weighted by atomic mass is 10.1. The molecule has 1 aromatic heterocycles. The number of aromatic nitrogens is 2. The summed E-state index contributed by atoms with van der Waals surface area (Å²) in [6.07, 6.45) is 0. The Bertz CT molecular complexity index is 1080. The van der Waals surface area contributed by atoms with Gasteiger partial charge in [-0.15, -0.1) is 5.11 Å². The molecule has 1 heterocycles. The van der Waals surface area contributed by atoms with Gasteiger partial charge >= 0.3 is 0 Å². The molecule has 2 N–H and O–H groups in total. The normalized spacial score (nSPS) is 10.9. The summed E-state index contributed by atoms with van der Waals surface area (Å²) in [6, 6.07) is 11.1. The molecule has 11 nitrogen and oxygen atoms in total. The molecule has 0 radical (unpaired) electrons. The minimum absolute atomic E-state index is 0.1000. The summed E-state index contributed by atoms with van der Waals surface area (Å²) in [5.41, 5.74) is -0.227. The highest BCUT2D eigenvalue weighted by Crippen LogP contribution is 2.29. The van der Waals surface area contributed by atoms with E-state index < -0.39 is 15.4 Å². The van der Waals surface area contributed by atoms with Crippen LogP contribution in [-0.4, -0.2) is 20.0 Å². The number of nitro benzene ring substituents is 2. The summed E-state index contributed by atoms with van der Waals surface area (Å²) in [4.78, 5) is 32.5. The van der Waals surface area contributed by atoms with Crippen LogP contribution < -0.4 is 5.56 Å². The van der Waals surface area contributed by atoms with Gasteiger partial charge in [0.05, 0.1) is 21.2 Å². The average molecular weight is 354 g/mol. The number of non-ortho nitro benzene ring substituents is 2. The molecule has 130 valence electrons. The monoisotopic (exact) mass is 354 g/mol. The highest BCUT2D eigenvalue weighted by atomic mass is 16.6. The third-order valence-corrected chi connectivity index (χ3v) is 3.40. The number of nitrogens with zero attached hydrogens (tertiary/aromatic N) is 4. The van der Waals surface area contributed by atoms with Gasteiger partial charge in [0.1, 0.15) is 0 Å². The van der Waals surface area contributed by atoms with E-state index in [1.165, 1.54) is 42.5 Å². The zero-order valence-electron chi connectivity index (χ0n) is 12.9. The number of nitrogens with one attached hydrogen (secondary N) is 2. The molecule has 0 fully saturated rings. The fourth-order valence-electron chi connectivity index (χ4n) is 2.21. The molecule has 0 atom stereocenters. The maximum atomic E-state index is 11.9. The lowest BCUT2D eigenvalue weighted by Crippen LogP contribution is -1.96. The molecule has 3 aromatic rings.